The van der Waals surface area contributed by atoms with E-state index in [1.165, 1.54) is 0 Å². The highest BCUT2D eigenvalue weighted by molar-refractivity contribution is 6.24. The molecule has 4 rings (SSSR count). The number of amides is 1. The first-order valence-corrected chi connectivity index (χ1v) is 7.56. The molecule has 0 aromatic carbocycles. The van der Waals surface area contributed by atoms with Crippen LogP contribution in [0.5, 0.6) is 0 Å². The minimum Gasteiger partial charge on any atom is -0.450 e. The molecule has 3 aliphatic rings. The lowest BCUT2D eigenvalue weighted by molar-refractivity contribution is 0.00666. The van der Waals surface area contributed by atoms with Crippen molar-refractivity contribution in [2.75, 3.05) is 13.2 Å². The van der Waals surface area contributed by atoms with E-state index in [2.05, 4.69) is 4.98 Å². The van der Waals surface area contributed by atoms with Crippen LogP contribution in [0, 0.1) is 5.92 Å². The third-order valence-corrected chi connectivity index (χ3v) is 4.99. The molecule has 2 saturated heterocycles. The number of hydrogen-bond donors (Lipinski definition) is 0. The van der Waals surface area contributed by atoms with Gasteiger partial charge in [-0.1, -0.05) is 6.07 Å². The molecule has 3 unspecified atom stereocenters. The molecule has 2 bridgehead atoms. The van der Waals surface area contributed by atoms with Crippen LogP contribution in [0.1, 0.15) is 31.9 Å². The second-order valence-corrected chi connectivity index (χ2v) is 6.27. The van der Waals surface area contributed by atoms with Gasteiger partial charge in [0.05, 0.1) is 18.3 Å². The van der Waals surface area contributed by atoms with Crippen molar-refractivity contribution in [1.29, 1.82) is 0 Å². The Balaban J connectivity index is 1.91. The van der Waals surface area contributed by atoms with E-state index in [0.29, 0.717) is 12.5 Å². The van der Waals surface area contributed by atoms with Crippen LogP contribution in [-0.2, 0) is 9.61 Å². The first kappa shape index (κ1) is 13.7. The second-order valence-electron chi connectivity index (χ2n) is 5.59. The monoisotopic (exact) mass is 294 g/mol. The van der Waals surface area contributed by atoms with Gasteiger partial charge in [-0.2, -0.15) is 0 Å². The van der Waals surface area contributed by atoms with Crippen LogP contribution >= 0.6 is 11.6 Å². The first-order chi connectivity index (χ1) is 9.65. The van der Waals surface area contributed by atoms with E-state index in [1.807, 2.05) is 30.0 Å². The Kier molecular flexibility index (Phi) is 3.59. The van der Waals surface area contributed by atoms with E-state index < -0.39 is 4.87 Å². The number of nitrogens with zero attached hydrogens (tertiary/aromatic N) is 2. The Morgan fingerprint density at radius 1 is 1.55 bits per heavy atom. The lowest BCUT2D eigenvalue weighted by Gasteiger charge is -2.53. The average Bonchev–Trinajstić information content (AvgIpc) is 2.48. The summed E-state index contributed by atoms with van der Waals surface area (Å²) >= 11 is 6.92. The van der Waals surface area contributed by atoms with E-state index >= 15 is 0 Å². The van der Waals surface area contributed by atoms with Crippen LogP contribution in [0.25, 0.3) is 0 Å². The van der Waals surface area contributed by atoms with E-state index in [1.54, 1.807) is 6.20 Å². The molecule has 1 saturated carbocycles. The van der Waals surface area contributed by atoms with E-state index in [-0.39, 0.29) is 12.1 Å². The number of carbonyl (C=O) groups is 1. The summed E-state index contributed by atoms with van der Waals surface area (Å²) in [6.07, 6.45) is 4.44. The molecular weight excluding hydrogens is 276 g/mol. The maximum absolute atomic E-state index is 12.1. The average molecular weight is 295 g/mol. The maximum atomic E-state index is 12.1. The van der Waals surface area contributed by atoms with Gasteiger partial charge in [0, 0.05) is 12.7 Å². The van der Waals surface area contributed by atoms with Crippen molar-refractivity contribution in [3.05, 3.63) is 30.1 Å². The molecule has 0 spiro atoms. The summed E-state index contributed by atoms with van der Waals surface area (Å²) in [5.41, 5.74) is 0.866. The molecule has 3 heterocycles. The standard InChI is InChI=1S/C15H19ClN2O2/c1-2-20-14(19)18-10-11-6-7-13(18)15(16,9-11)12-5-3-4-8-17-12/h3-5,8,11,13H,2,6-7,9-10H2,1H3. The molecule has 20 heavy (non-hydrogen) atoms. The third kappa shape index (κ3) is 2.16. The third-order valence-electron chi connectivity index (χ3n) is 4.39. The lowest BCUT2D eigenvalue weighted by Crippen LogP contribution is -2.60. The Morgan fingerprint density at radius 3 is 3.05 bits per heavy atom. The van der Waals surface area contributed by atoms with E-state index in [0.717, 1.165) is 31.5 Å². The Hall–Kier alpha value is -1.29. The van der Waals surface area contributed by atoms with Crippen LogP contribution in [0.15, 0.2) is 24.4 Å². The number of halogens is 1. The molecule has 1 aromatic heterocycles. The highest BCUT2D eigenvalue weighted by atomic mass is 35.5. The summed E-state index contributed by atoms with van der Waals surface area (Å²) in [5, 5.41) is 0. The summed E-state index contributed by atoms with van der Waals surface area (Å²) < 4.78 is 5.17. The molecule has 1 aromatic rings. The molecule has 1 aliphatic carbocycles. The summed E-state index contributed by atoms with van der Waals surface area (Å²) in [6.45, 7) is 2.98. The normalized spacial score (nSPS) is 32.2. The van der Waals surface area contributed by atoms with E-state index in [4.69, 9.17) is 16.3 Å². The summed E-state index contributed by atoms with van der Waals surface area (Å²) in [5.74, 6) is 0.434. The SMILES string of the molecule is CCOC(=O)N1CC2CCC1C(Cl)(c1ccccn1)C2. The van der Waals surface area contributed by atoms with Crippen LogP contribution in [0.3, 0.4) is 0 Å². The minimum absolute atomic E-state index is 0.0249. The fourth-order valence-corrected chi connectivity index (χ4v) is 4.09. The van der Waals surface area contributed by atoms with Gasteiger partial charge in [0.15, 0.2) is 0 Å². The second kappa shape index (κ2) is 5.24. The lowest BCUT2D eigenvalue weighted by atomic mass is 9.71. The van der Waals surface area contributed by atoms with Gasteiger partial charge >= 0.3 is 6.09 Å². The van der Waals surface area contributed by atoms with Gasteiger partial charge in [0.2, 0.25) is 0 Å². The smallest absolute Gasteiger partial charge is 0.410 e. The molecule has 0 N–H and O–H groups in total. The van der Waals surface area contributed by atoms with Gasteiger partial charge in [-0.15, -0.1) is 11.6 Å². The largest absolute Gasteiger partial charge is 0.450 e. The predicted molar refractivity (Wildman–Crippen MR) is 76.6 cm³/mol. The van der Waals surface area contributed by atoms with Crippen molar-refractivity contribution in [3.63, 3.8) is 0 Å². The van der Waals surface area contributed by atoms with Gasteiger partial charge in [0.25, 0.3) is 0 Å². The highest BCUT2D eigenvalue weighted by Gasteiger charge is 2.53. The van der Waals surface area contributed by atoms with Gasteiger partial charge in [0.1, 0.15) is 4.87 Å². The van der Waals surface area contributed by atoms with Crippen molar-refractivity contribution in [1.82, 2.24) is 9.88 Å². The number of ether oxygens (including phenoxy) is 1. The Labute approximate surface area is 124 Å². The molecule has 108 valence electrons. The number of hydrogen-bond acceptors (Lipinski definition) is 3. The molecule has 0 radical (unpaired) electrons. The van der Waals surface area contributed by atoms with Crippen molar-refractivity contribution in [2.45, 2.75) is 37.1 Å². The van der Waals surface area contributed by atoms with Crippen molar-refractivity contribution in [3.8, 4) is 0 Å². The topological polar surface area (TPSA) is 42.4 Å². The molecule has 4 nitrogen and oxygen atoms in total. The number of aromatic nitrogens is 1. The Bertz CT molecular complexity index is 496. The molecule has 3 atom stereocenters. The van der Waals surface area contributed by atoms with Crippen LogP contribution < -0.4 is 0 Å². The van der Waals surface area contributed by atoms with Crippen molar-refractivity contribution in [2.24, 2.45) is 5.92 Å². The predicted octanol–water partition coefficient (Wildman–Crippen LogP) is 3.16. The molecule has 2 aliphatic heterocycles. The van der Waals surface area contributed by atoms with Gasteiger partial charge in [-0.05, 0) is 44.2 Å². The van der Waals surface area contributed by atoms with Gasteiger partial charge in [-0.25, -0.2) is 4.79 Å². The molecular formula is C15H19ClN2O2. The first-order valence-electron chi connectivity index (χ1n) is 7.19. The summed E-state index contributed by atoms with van der Waals surface area (Å²) in [7, 11) is 0. The fourth-order valence-electron chi connectivity index (χ4n) is 3.54. The Morgan fingerprint density at radius 2 is 2.40 bits per heavy atom. The summed E-state index contributed by atoms with van der Waals surface area (Å²) in [6, 6.07) is 5.76. The van der Waals surface area contributed by atoms with Gasteiger partial charge in [-0.3, -0.25) is 4.98 Å². The van der Waals surface area contributed by atoms with Crippen LogP contribution in [0.4, 0.5) is 4.79 Å². The number of alkyl halides is 1. The molecule has 5 heteroatoms. The van der Waals surface area contributed by atoms with E-state index in [9.17, 15) is 4.79 Å². The number of carbonyl (C=O) groups excluding carboxylic acids is 1. The number of rotatable bonds is 2. The highest BCUT2D eigenvalue weighted by Crippen LogP contribution is 2.51. The minimum atomic E-state index is -0.574. The molecule has 3 fully saturated rings. The van der Waals surface area contributed by atoms with Crippen molar-refractivity contribution >= 4 is 17.7 Å². The number of fused-ring (bicyclic) bond motifs is 3. The number of pyridine rings is 1. The number of piperidine rings is 2. The zero-order valence-electron chi connectivity index (χ0n) is 11.6. The van der Waals surface area contributed by atoms with Crippen molar-refractivity contribution < 1.29 is 9.53 Å². The quantitative estimate of drug-likeness (QED) is 0.787. The maximum Gasteiger partial charge on any atom is 0.410 e. The van der Waals surface area contributed by atoms with Gasteiger partial charge < -0.3 is 9.64 Å². The fraction of sp³-hybridized carbons (Fsp3) is 0.600. The molecule has 1 amide bonds. The zero-order chi connectivity index (χ0) is 14.2. The van der Waals surface area contributed by atoms with Crippen LogP contribution in [0.2, 0.25) is 0 Å². The van der Waals surface area contributed by atoms with Crippen LogP contribution in [-0.4, -0.2) is 35.2 Å². The zero-order valence-corrected chi connectivity index (χ0v) is 12.3. The summed E-state index contributed by atoms with van der Waals surface area (Å²) in [4.78, 5) is 17.8.